The van der Waals surface area contributed by atoms with Crippen molar-refractivity contribution < 1.29 is 54.7 Å². The number of aliphatic hydroxyl groups excluding tert-OH is 4. The Kier molecular flexibility index (Phi) is 5.78. The standard InChI is InChI=1S/C21H20O12/c22-6-13-19(16(28)17(29)21(30)32-13)33-20-15(27)14-11(26)4-8(23)5-12(14)31-18(20)7-1-2-9(24)10(25)3-7/h1-5,13,16-17,19,21-26,28-30H,6H2/t13-,16+,17-,19-,21+/m0/s1. The monoisotopic (exact) mass is 464 g/mol. The molecule has 1 saturated heterocycles. The number of aromatic hydroxyl groups is 4. The number of hydrogen-bond donors (Lipinski definition) is 8. The van der Waals surface area contributed by atoms with E-state index in [9.17, 15) is 45.6 Å². The van der Waals surface area contributed by atoms with Crippen LogP contribution in [0.3, 0.4) is 0 Å². The average molecular weight is 464 g/mol. The molecule has 0 radical (unpaired) electrons. The number of hydrogen-bond acceptors (Lipinski definition) is 12. The Labute approximate surface area is 184 Å². The lowest BCUT2D eigenvalue weighted by Crippen LogP contribution is -2.60. The molecule has 176 valence electrons. The first-order valence-corrected chi connectivity index (χ1v) is 9.64. The molecule has 1 fully saturated rings. The maximum absolute atomic E-state index is 13.3. The van der Waals surface area contributed by atoms with Crippen LogP contribution < -0.4 is 10.2 Å². The third-order valence-electron chi connectivity index (χ3n) is 5.25. The number of ether oxygens (including phenoxy) is 2. The van der Waals surface area contributed by atoms with Crippen molar-refractivity contribution in [2.24, 2.45) is 0 Å². The van der Waals surface area contributed by atoms with Crippen LogP contribution in [0, 0.1) is 0 Å². The molecular formula is C21H20O12. The van der Waals surface area contributed by atoms with Gasteiger partial charge >= 0.3 is 0 Å². The summed E-state index contributed by atoms with van der Waals surface area (Å²) >= 11 is 0. The van der Waals surface area contributed by atoms with E-state index in [1.165, 1.54) is 6.07 Å². The Hall–Kier alpha value is -3.55. The second-order valence-electron chi connectivity index (χ2n) is 7.44. The van der Waals surface area contributed by atoms with E-state index in [-0.39, 0.29) is 22.3 Å². The first-order chi connectivity index (χ1) is 15.6. The van der Waals surface area contributed by atoms with Crippen LogP contribution in [0.25, 0.3) is 22.3 Å². The molecule has 2 aromatic carbocycles. The van der Waals surface area contributed by atoms with Gasteiger partial charge in [0.2, 0.25) is 11.2 Å². The van der Waals surface area contributed by atoms with Gasteiger partial charge in [-0.2, -0.15) is 0 Å². The van der Waals surface area contributed by atoms with Gasteiger partial charge in [0.25, 0.3) is 0 Å². The largest absolute Gasteiger partial charge is 0.508 e. The van der Waals surface area contributed by atoms with E-state index >= 15 is 0 Å². The van der Waals surface area contributed by atoms with Crippen molar-refractivity contribution in [1.29, 1.82) is 0 Å². The lowest BCUT2D eigenvalue weighted by molar-refractivity contribution is -0.282. The summed E-state index contributed by atoms with van der Waals surface area (Å²) in [4.78, 5) is 13.3. The van der Waals surface area contributed by atoms with Gasteiger partial charge in [-0.15, -0.1) is 0 Å². The van der Waals surface area contributed by atoms with E-state index in [0.29, 0.717) is 0 Å². The maximum atomic E-state index is 13.3. The average Bonchev–Trinajstić information content (AvgIpc) is 2.76. The van der Waals surface area contributed by atoms with Crippen molar-refractivity contribution in [3.8, 4) is 40.1 Å². The number of aliphatic hydroxyl groups is 4. The second-order valence-corrected chi connectivity index (χ2v) is 7.44. The normalized spacial score (nSPS) is 25.3. The summed E-state index contributed by atoms with van der Waals surface area (Å²) in [5.41, 5.74) is -1.18. The predicted octanol–water partition coefficient (Wildman–Crippen LogP) is -0.539. The SMILES string of the molecule is O=c1c(O[C@@H]2[C@H](O)[C@H](O)[C@H](O)O[C@H]2CO)c(-c2ccc(O)c(O)c2)oc2cc(O)cc(O)c12. The van der Waals surface area contributed by atoms with E-state index in [2.05, 4.69) is 0 Å². The Morgan fingerprint density at radius 3 is 2.30 bits per heavy atom. The molecule has 0 spiro atoms. The Morgan fingerprint density at radius 2 is 1.64 bits per heavy atom. The zero-order valence-corrected chi connectivity index (χ0v) is 16.7. The van der Waals surface area contributed by atoms with Gasteiger partial charge in [0.05, 0.1) is 6.61 Å². The highest BCUT2D eigenvalue weighted by Crippen LogP contribution is 2.39. The van der Waals surface area contributed by atoms with E-state index in [0.717, 1.165) is 24.3 Å². The minimum Gasteiger partial charge on any atom is -0.508 e. The topological polar surface area (TPSA) is 211 Å². The molecule has 0 aliphatic carbocycles. The highest BCUT2D eigenvalue weighted by Gasteiger charge is 2.46. The summed E-state index contributed by atoms with van der Waals surface area (Å²) in [5, 5.41) is 78.7. The minimum absolute atomic E-state index is 0.0227. The van der Waals surface area contributed by atoms with Crippen LogP contribution in [0.4, 0.5) is 0 Å². The number of benzene rings is 2. The molecule has 0 saturated carbocycles. The third-order valence-corrected chi connectivity index (χ3v) is 5.25. The maximum Gasteiger partial charge on any atom is 0.239 e. The van der Waals surface area contributed by atoms with Gasteiger partial charge in [0, 0.05) is 17.7 Å². The minimum atomic E-state index is -1.84. The molecule has 12 nitrogen and oxygen atoms in total. The fourth-order valence-electron chi connectivity index (χ4n) is 3.58. The second kappa shape index (κ2) is 8.42. The summed E-state index contributed by atoms with van der Waals surface area (Å²) in [6.45, 7) is -0.765. The lowest BCUT2D eigenvalue weighted by atomic mass is 9.98. The number of phenolic OH excluding ortho intramolecular Hbond substituents is 4. The molecule has 1 aromatic heterocycles. The van der Waals surface area contributed by atoms with Crippen molar-refractivity contribution in [1.82, 2.24) is 0 Å². The van der Waals surface area contributed by atoms with Crippen molar-refractivity contribution in [2.45, 2.75) is 30.7 Å². The molecule has 0 unspecified atom stereocenters. The van der Waals surface area contributed by atoms with Crippen molar-refractivity contribution >= 4 is 11.0 Å². The summed E-state index contributed by atoms with van der Waals surface area (Å²) in [7, 11) is 0. The van der Waals surface area contributed by atoms with Crippen LogP contribution in [0.5, 0.6) is 28.7 Å². The lowest BCUT2D eigenvalue weighted by Gasteiger charge is -2.39. The molecule has 1 aliphatic rings. The van der Waals surface area contributed by atoms with Crippen LogP contribution in [-0.2, 0) is 4.74 Å². The fraction of sp³-hybridized carbons (Fsp3) is 0.286. The van der Waals surface area contributed by atoms with E-state index in [1.807, 2.05) is 0 Å². The molecule has 12 heteroatoms. The molecule has 33 heavy (non-hydrogen) atoms. The van der Waals surface area contributed by atoms with Gasteiger partial charge in [-0.25, -0.2) is 0 Å². The van der Waals surface area contributed by atoms with Gasteiger partial charge in [-0.3, -0.25) is 4.79 Å². The number of rotatable bonds is 4. The fourth-order valence-corrected chi connectivity index (χ4v) is 3.58. The van der Waals surface area contributed by atoms with Crippen LogP contribution in [0.15, 0.2) is 39.5 Å². The number of fused-ring (bicyclic) bond motifs is 1. The molecule has 0 amide bonds. The molecule has 2 heterocycles. The van der Waals surface area contributed by atoms with E-state index in [1.54, 1.807) is 0 Å². The van der Waals surface area contributed by atoms with Crippen LogP contribution >= 0.6 is 0 Å². The molecule has 1 aliphatic heterocycles. The van der Waals surface area contributed by atoms with Gasteiger partial charge in [-0.1, -0.05) is 0 Å². The predicted molar refractivity (Wildman–Crippen MR) is 109 cm³/mol. The number of phenols is 4. The first-order valence-electron chi connectivity index (χ1n) is 9.64. The van der Waals surface area contributed by atoms with Crippen molar-refractivity contribution in [2.75, 3.05) is 6.61 Å². The Morgan fingerprint density at radius 1 is 0.909 bits per heavy atom. The molecule has 4 rings (SSSR count). The highest BCUT2D eigenvalue weighted by atomic mass is 16.7. The van der Waals surface area contributed by atoms with Crippen LogP contribution in [0.1, 0.15) is 0 Å². The third kappa shape index (κ3) is 3.90. The molecule has 3 aromatic rings. The summed E-state index contributed by atoms with van der Waals surface area (Å²) in [6, 6.07) is 5.37. The van der Waals surface area contributed by atoms with Crippen LogP contribution in [0.2, 0.25) is 0 Å². The smallest absolute Gasteiger partial charge is 0.239 e. The quantitative estimate of drug-likeness (QED) is 0.229. The summed E-state index contributed by atoms with van der Waals surface area (Å²) < 4.78 is 16.3. The van der Waals surface area contributed by atoms with Crippen LogP contribution in [-0.4, -0.2) is 78.2 Å². The van der Waals surface area contributed by atoms with Gasteiger partial charge < -0.3 is 54.7 Å². The molecule has 8 N–H and O–H groups in total. The molecule has 5 atom stereocenters. The Bertz CT molecular complexity index is 1250. The van der Waals surface area contributed by atoms with E-state index in [4.69, 9.17) is 13.9 Å². The zero-order valence-electron chi connectivity index (χ0n) is 16.7. The summed E-state index contributed by atoms with van der Waals surface area (Å²) in [6.07, 6.45) is -8.42. The van der Waals surface area contributed by atoms with E-state index < -0.39 is 71.5 Å². The highest BCUT2D eigenvalue weighted by molar-refractivity contribution is 5.88. The van der Waals surface area contributed by atoms with Gasteiger partial charge in [0.15, 0.2) is 29.7 Å². The Balaban J connectivity index is 1.94. The molecule has 0 bridgehead atoms. The zero-order chi connectivity index (χ0) is 24.0. The summed E-state index contributed by atoms with van der Waals surface area (Å²) in [5.74, 6) is -3.02. The van der Waals surface area contributed by atoms with Crippen molar-refractivity contribution in [3.05, 3.63) is 40.6 Å². The molecular weight excluding hydrogens is 444 g/mol. The van der Waals surface area contributed by atoms with Crippen molar-refractivity contribution in [3.63, 3.8) is 0 Å². The van der Waals surface area contributed by atoms with Gasteiger partial charge in [-0.05, 0) is 18.2 Å². The van der Waals surface area contributed by atoms with Gasteiger partial charge in [0.1, 0.15) is 40.8 Å². The first kappa shape index (κ1) is 22.6.